The molecule has 1 heterocycles. The van der Waals surface area contributed by atoms with Crippen molar-refractivity contribution in [2.45, 2.75) is 13.5 Å². The molecule has 2 aromatic rings. The van der Waals surface area contributed by atoms with Gasteiger partial charge < -0.3 is 10.1 Å². The lowest BCUT2D eigenvalue weighted by Crippen LogP contribution is -2.23. The number of pyridine rings is 1. The molecule has 0 saturated carbocycles. The zero-order chi connectivity index (χ0) is 13.7. The highest BCUT2D eigenvalue weighted by Crippen LogP contribution is 2.12. The predicted molar refractivity (Wildman–Crippen MR) is 73.1 cm³/mol. The number of methoxy groups -OCH3 is 1. The van der Waals surface area contributed by atoms with E-state index in [1.807, 2.05) is 37.3 Å². The van der Waals surface area contributed by atoms with E-state index in [0.29, 0.717) is 12.1 Å². The van der Waals surface area contributed by atoms with E-state index < -0.39 is 0 Å². The van der Waals surface area contributed by atoms with Gasteiger partial charge in [0.1, 0.15) is 5.75 Å². The minimum atomic E-state index is -0.126. The third-order valence-corrected chi connectivity index (χ3v) is 2.72. The molecule has 4 nitrogen and oxygen atoms in total. The Morgan fingerprint density at radius 3 is 2.89 bits per heavy atom. The van der Waals surface area contributed by atoms with Crippen molar-refractivity contribution in [1.82, 2.24) is 10.3 Å². The van der Waals surface area contributed by atoms with Crippen LogP contribution in [-0.4, -0.2) is 18.0 Å². The summed E-state index contributed by atoms with van der Waals surface area (Å²) in [6, 6.07) is 9.42. The van der Waals surface area contributed by atoms with E-state index in [1.165, 1.54) is 0 Å². The number of ether oxygens (including phenoxy) is 1. The number of amides is 1. The van der Waals surface area contributed by atoms with E-state index in [9.17, 15) is 4.79 Å². The summed E-state index contributed by atoms with van der Waals surface area (Å²) >= 11 is 0. The maximum absolute atomic E-state index is 11.9. The average molecular weight is 256 g/mol. The molecule has 19 heavy (non-hydrogen) atoms. The maximum atomic E-state index is 11.9. The van der Waals surface area contributed by atoms with E-state index in [-0.39, 0.29) is 5.91 Å². The van der Waals surface area contributed by atoms with Crippen molar-refractivity contribution in [2.75, 3.05) is 7.11 Å². The highest BCUT2D eigenvalue weighted by atomic mass is 16.5. The smallest absolute Gasteiger partial charge is 0.253 e. The van der Waals surface area contributed by atoms with Crippen molar-refractivity contribution in [3.8, 4) is 5.75 Å². The largest absolute Gasteiger partial charge is 0.497 e. The number of hydrogen-bond acceptors (Lipinski definition) is 3. The zero-order valence-corrected chi connectivity index (χ0v) is 11.0. The molecule has 0 aliphatic heterocycles. The molecule has 0 atom stereocenters. The molecule has 1 aromatic heterocycles. The van der Waals surface area contributed by atoms with Crippen LogP contribution in [0.1, 0.15) is 21.5 Å². The minimum Gasteiger partial charge on any atom is -0.497 e. The molecule has 1 N–H and O–H groups in total. The van der Waals surface area contributed by atoms with E-state index in [0.717, 1.165) is 16.9 Å². The van der Waals surface area contributed by atoms with Gasteiger partial charge in [-0.1, -0.05) is 12.1 Å². The summed E-state index contributed by atoms with van der Waals surface area (Å²) in [6.07, 6.45) is 3.28. The molecule has 0 fully saturated rings. The molecule has 0 spiro atoms. The Bertz CT molecular complexity index is 582. The van der Waals surface area contributed by atoms with Crippen LogP contribution in [0.3, 0.4) is 0 Å². The number of aryl methyl sites for hydroxylation is 1. The van der Waals surface area contributed by atoms with Gasteiger partial charge in [-0.05, 0) is 36.2 Å². The summed E-state index contributed by atoms with van der Waals surface area (Å²) in [7, 11) is 1.62. The number of benzene rings is 1. The summed E-state index contributed by atoms with van der Waals surface area (Å²) in [4.78, 5) is 15.9. The predicted octanol–water partition coefficient (Wildman–Crippen LogP) is 2.33. The summed E-state index contributed by atoms with van der Waals surface area (Å²) in [5.74, 6) is 0.656. The highest BCUT2D eigenvalue weighted by Gasteiger charge is 2.06. The first-order valence-electron chi connectivity index (χ1n) is 6.02. The number of rotatable bonds is 4. The Balaban J connectivity index is 2.00. The standard InChI is InChI=1S/C15H16N2O2/c1-11-6-13(10-16-8-11)15(18)17-9-12-4-3-5-14(7-12)19-2/h3-8,10H,9H2,1-2H3,(H,17,18). The Morgan fingerprint density at radius 2 is 2.16 bits per heavy atom. The fraction of sp³-hybridized carbons (Fsp3) is 0.200. The Morgan fingerprint density at radius 1 is 1.32 bits per heavy atom. The molecular formula is C15H16N2O2. The third-order valence-electron chi connectivity index (χ3n) is 2.72. The first-order chi connectivity index (χ1) is 9.19. The molecule has 98 valence electrons. The second kappa shape index (κ2) is 6.00. The summed E-state index contributed by atoms with van der Waals surface area (Å²) < 4.78 is 5.14. The quantitative estimate of drug-likeness (QED) is 0.913. The summed E-state index contributed by atoms with van der Waals surface area (Å²) in [6.45, 7) is 2.37. The molecule has 2 rings (SSSR count). The molecule has 0 unspecified atom stereocenters. The first kappa shape index (κ1) is 13.1. The number of carbonyl (C=O) groups excluding carboxylic acids is 1. The van der Waals surface area contributed by atoms with Crippen LogP contribution >= 0.6 is 0 Å². The zero-order valence-electron chi connectivity index (χ0n) is 11.0. The van der Waals surface area contributed by atoms with Crippen molar-refractivity contribution >= 4 is 5.91 Å². The second-order valence-electron chi connectivity index (χ2n) is 4.29. The van der Waals surface area contributed by atoms with E-state index in [2.05, 4.69) is 10.3 Å². The van der Waals surface area contributed by atoms with Crippen LogP contribution in [0.4, 0.5) is 0 Å². The van der Waals surface area contributed by atoms with Gasteiger partial charge in [0.25, 0.3) is 5.91 Å². The van der Waals surface area contributed by atoms with Gasteiger partial charge in [-0.2, -0.15) is 0 Å². The van der Waals surface area contributed by atoms with Gasteiger partial charge in [0.2, 0.25) is 0 Å². The topological polar surface area (TPSA) is 51.2 Å². The lowest BCUT2D eigenvalue weighted by molar-refractivity contribution is 0.0950. The molecule has 0 bridgehead atoms. The number of nitrogens with zero attached hydrogens (tertiary/aromatic N) is 1. The minimum absolute atomic E-state index is 0.126. The number of hydrogen-bond donors (Lipinski definition) is 1. The SMILES string of the molecule is COc1cccc(CNC(=O)c2cncc(C)c2)c1. The molecule has 0 aliphatic rings. The lowest BCUT2D eigenvalue weighted by Gasteiger charge is -2.07. The highest BCUT2D eigenvalue weighted by molar-refractivity contribution is 5.93. The van der Waals surface area contributed by atoms with Gasteiger partial charge >= 0.3 is 0 Å². The number of nitrogens with one attached hydrogen (secondary N) is 1. The Kier molecular flexibility index (Phi) is 4.13. The summed E-state index contributed by atoms with van der Waals surface area (Å²) in [5, 5.41) is 2.86. The molecular weight excluding hydrogens is 240 g/mol. The van der Waals surface area contributed by atoms with Crippen LogP contribution in [-0.2, 0) is 6.54 Å². The Hall–Kier alpha value is -2.36. The maximum Gasteiger partial charge on any atom is 0.253 e. The molecule has 0 aliphatic carbocycles. The van der Waals surface area contributed by atoms with Crippen molar-refractivity contribution < 1.29 is 9.53 Å². The van der Waals surface area contributed by atoms with E-state index in [4.69, 9.17) is 4.74 Å². The van der Waals surface area contributed by atoms with Crippen LogP contribution in [0.5, 0.6) is 5.75 Å². The normalized spacial score (nSPS) is 10.0. The second-order valence-corrected chi connectivity index (χ2v) is 4.29. The Labute approximate surface area is 112 Å². The van der Waals surface area contributed by atoms with Crippen LogP contribution in [0.2, 0.25) is 0 Å². The number of aromatic nitrogens is 1. The molecule has 0 radical (unpaired) electrons. The molecule has 0 saturated heterocycles. The van der Waals surface area contributed by atoms with Gasteiger partial charge in [0.15, 0.2) is 0 Å². The summed E-state index contributed by atoms with van der Waals surface area (Å²) in [5.41, 5.74) is 2.53. The monoisotopic (exact) mass is 256 g/mol. The van der Waals surface area contributed by atoms with Gasteiger partial charge in [-0.3, -0.25) is 9.78 Å². The van der Waals surface area contributed by atoms with Crippen molar-refractivity contribution in [3.05, 3.63) is 59.4 Å². The van der Waals surface area contributed by atoms with Gasteiger partial charge in [-0.25, -0.2) is 0 Å². The molecule has 1 amide bonds. The van der Waals surface area contributed by atoms with E-state index in [1.54, 1.807) is 19.5 Å². The number of carbonyl (C=O) groups is 1. The first-order valence-corrected chi connectivity index (χ1v) is 6.02. The van der Waals surface area contributed by atoms with Gasteiger partial charge in [0.05, 0.1) is 12.7 Å². The van der Waals surface area contributed by atoms with Crippen molar-refractivity contribution in [1.29, 1.82) is 0 Å². The van der Waals surface area contributed by atoms with Crippen molar-refractivity contribution in [3.63, 3.8) is 0 Å². The lowest BCUT2D eigenvalue weighted by atomic mass is 10.2. The van der Waals surface area contributed by atoms with Gasteiger partial charge in [0, 0.05) is 18.9 Å². The van der Waals surface area contributed by atoms with Crippen LogP contribution < -0.4 is 10.1 Å². The fourth-order valence-corrected chi connectivity index (χ4v) is 1.75. The van der Waals surface area contributed by atoms with E-state index >= 15 is 0 Å². The average Bonchev–Trinajstić information content (AvgIpc) is 2.45. The van der Waals surface area contributed by atoms with Crippen molar-refractivity contribution in [2.24, 2.45) is 0 Å². The third kappa shape index (κ3) is 3.55. The van der Waals surface area contributed by atoms with Crippen LogP contribution in [0.25, 0.3) is 0 Å². The van der Waals surface area contributed by atoms with Crippen LogP contribution in [0, 0.1) is 6.92 Å². The fourth-order valence-electron chi connectivity index (χ4n) is 1.75. The molecule has 1 aromatic carbocycles. The van der Waals surface area contributed by atoms with Gasteiger partial charge in [-0.15, -0.1) is 0 Å². The molecule has 4 heteroatoms. The van der Waals surface area contributed by atoms with Crippen LogP contribution in [0.15, 0.2) is 42.7 Å².